The quantitative estimate of drug-likeness (QED) is 0.659. The minimum atomic E-state index is -1.27. The summed E-state index contributed by atoms with van der Waals surface area (Å²) in [6.07, 6.45) is 1.83. The summed E-state index contributed by atoms with van der Waals surface area (Å²) >= 11 is 0. The Labute approximate surface area is 131 Å². The number of benzene rings is 1. The van der Waals surface area contributed by atoms with Crippen LogP contribution in [0.1, 0.15) is 23.2 Å². The molecule has 2 rings (SSSR count). The van der Waals surface area contributed by atoms with Gasteiger partial charge in [-0.05, 0) is 42.9 Å². The smallest absolute Gasteiger partial charge is 0.451 e. The molecule has 0 unspecified atom stereocenters. The summed E-state index contributed by atoms with van der Waals surface area (Å²) in [5, 5.41) is 17.7. The summed E-state index contributed by atoms with van der Waals surface area (Å²) in [7, 11) is 0.319. The Balaban J connectivity index is 1.91. The Morgan fingerprint density at radius 1 is 1.36 bits per heavy atom. The number of hydrogen-bond donors (Lipinski definition) is 3. The van der Waals surface area contributed by atoms with E-state index in [-0.39, 0.29) is 17.9 Å². The standard InChI is InChI=1S/C15H23BN2O4/c1-22-13-6-4-11(5-7-13)15(19)18-9-12(14(17)10-18)3-2-8-16(20)21/h4-7,12,14,20-21H,2-3,8-10,17H2,1H3/t12-,14-/m0/s1. The van der Waals surface area contributed by atoms with Gasteiger partial charge in [0, 0.05) is 24.7 Å². The van der Waals surface area contributed by atoms with Crippen LogP contribution >= 0.6 is 0 Å². The van der Waals surface area contributed by atoms with E-state index in [1.54, 1.807) is 36.3 Å². The van der Waals surface area contributed by atoms with Crippen LogP contribution in [-0.2, 0) is 0 Å². The monoisotopic (exact) mass is 306 g/mol. The lowest BCUT2D eigenvalue weighted by molar-refractivity contribution is 0.0785. The van der Waals surface area contributed by atoms with Gasteiger partial charge in [0.1, 0.15) is 5.75 Å². The lowest BCUT2D eigenvalue weighted by Gasteiger charge is -2.16. The molecule has 4 N–H and O–H groups in total. The van der Waals surface area contributed by atoms with Gasteiger partial charge in [0.25, 0.3) is 5.91 Å². The van der Waals surface area contributed by atoms with Crippen LogP contribution in [0.2, 0.25) is 6.32 Å². The van der Waals surface area contributed by atoms with Crippen LogP contribution in [0.4, 0.5) is 0 Å². The normalized spacial score (nSPS) is 21.0. The average molecular weight is 306 g/mol. The Hall–Kier alpha value is -1.57. The Kier molecular flexibility index (Phi) is 5.82. The Bertz CT molecular complexity index is 495. The Morgan fingerprint density at radius 3 is 2.64 bits per heavy atom. The van der Waals surface area contributed by atoms with Crippen LogP contribution < -0.4 is 10.5 Å². The first kappa shape index (κ1) is 16.8. The van der Waals surface area contributed by atoms with E-state index >= 15 is 0 Å². The van der Waals surface area contributed by atoms with E-state index in [1.807, 2.05) is 0 Å². The van der Waals surface area contributed by atoms with Crippen molar-refractivity contribution in [2.75, 3.05) is 20.2 Å². The lowest BCUT2D eigenvalue weighted by Crippen LogP contribution is -2.32. The number of likely N-dealkylation sites (tertiary alicyclic amines) is 1. The molecule has 1 heterocycles. The molecule has 0 saturated carbocycles. The van der Waals surface area contributed by atoms with Crippen molar-refractivity contribution >= 4 is 13.0 Å². The molecule has 0 aromatic heterocycles. The first-order valence-corrected chi connectivity index (χ1v) is 7.56. The van der Waals surface area contributed by atoms with E-state index in [9.17, 15) is 4.79 Å². The van der Waals surface area contributed by atoms with Gasteiger partial charge in [-0.1, -0.05) is 6.42 Å². The molecule has 120 valence electrons. The maximum absolute atomic E-state index is 12.5. The molecule has 0 bridgehead atoms. The highest BCUT2D eigenvalue weighted by molar-refractivity contribution is 6.40. The highest BCUT2D eigenvalue weighted by atomic mass is 16.5. The maximum Gasteiger partial charge on any atom is 0.451 e. The van der Waals surface area contributed by atoms with E-state index in [4.69, 9.17) is 20.5 Å². The van der Waals surface area contributed by atoms with Crippen LogP contribution in [0.25, 0.3) is 0 Å². The number of methoxy groups -OCH3 is 1. The van der Waals surface area contributed by atoms with E-state index in [0.29, 0.717) is 31.4 Å². The molecule has 1 amide bonds. The van der Waals surface area contributed by atoms with Gasteiger partial charge in [-0.2, -0.15) is 0 Å². The first-order valence-electron chi connectivity index (χ1n) is 7.56. The molecule has 0 radical (unpaired) electrons. The second-order valence-corrected chi connectivity index (χ2v) is 5.77. The zero-order valence-corrected chi connectivity index (χ0v) is 12.8. The van der Waals surface area contributed by atoms with Crippen LogP contribution in [0.3, 0.4) is 0 Å². The van der Waals surface area contributed by atoms with Crippen molar-refractivity contribution in [1.29, 1.82) is 0 Å². The fourth-order valence-electron chi connectivity index (χ4n) is 2.85. The second-order valence-electron chi connectivity index (χ2n) is 5.77. The highest BCUT2D eigenvalue weighted by Crippen LogP contribution is 2.23. The fourth-order valence-corrected chi connectivity index (χ4v) is 2.85. The number of ether oxygens (including phenoxy) is 1. The third kappa shape index (κ3) is 4.22. The second kappa shape index (κ2) is 7.62. The minimum absolute atomic E-state index is 0.0252. The molecule has 2 atom stereocenters. The molecule has 1 aliphatic rings. The molecule has 22 heavy (non-hydrogen) atoms. The van der Waals surface area contributed by atoms with Crippen molar-refractivity contribution in [2.45, 2.75) is 25.2 Å². The minimum Gasteiger partial charge on any atom is -0.497 e. The third-order valence-electron chi connectivity index (χ3n) is 4.15. The van der Waals surface area contributed by atoms with Gasteiger partial charge in [-0.3, -0.25) is 4.79 Å². The molecule has 1 aromatic carbocycles. The number of amides is 1. The molecule has 7 heteroatoms. The van der Waals surface area contributed by atoms with Gasteiger partial charge in [0.05, 0.1) is 7.11 Å². The predicted octanol–water partition coefficient (Wildman–Crippen LogP) is 0.348. The number of rotatable bonds is 6. The van der Waals surface area contributed by atoms with Crippen LogP contribution in [-0.4, -0.2) is 54.2 Å². The zero-order valence-electron chi connectivity index (χ0n) is 12.8. The van der Waals surface area contributed by atoms with Gasteiger partial charge in [-0.15, -0.1) is 0 Å². The predicted molar refractivity (Wildman–Crippen MR) is 84.6 cm³/mol. The van der Waals surface area contributed by atoms with Gasteiger partial charge < -0.3 is 25.4 Å². The van der Waals surface area contributed by atoms with Crippen LogP contribution in [0.5, 0.6) is 5.75 Å². The molecule has 1 saturated heterocycles. The maximum atomic E-state index is 12.5. The summed E-state index contributed by atoms with van der Waals surface area (Å²) < 4.78 is 5.09. The third-order valence-corrected chi connectivity index (χ3v) is 4.15. The summed E-state index contributed by atoms with van der Waals surface area (Å²) in [5.41, 5.74) is 6.73. The van der Waals surface area contributed by atoms with Crippen molar-refractivity contribution < 1.29 is 19.6 Å². The summed E-state index contributed by atoms with van der Waals surface area (Å²) in [5.74, 6) is 0.902. The van der Waals surface area contributed by atoms with E-state index in [1.165, 1.54) is 0 Å². The molecule has 0 spiro atoms. The Morgan fingerprint density at radius 2 is 2.05 bits per heavy atom. The molecular weight excluding hydrogens is 283 g/mol. The van der Waals surface area contributed by atoms with Gasteiger partial charge in [-0.25, -0.2) is 0 Å². The van der Waals surface area contributed by atoms with E-state index < -0.39 is 7.12 Å². The van der Waals surface area contributed by atoms with Crippen LogP contribution in [0.15, 0.2) is 24.3 Å². The van der Waals surface area contributed by atoms with Crippen LogP contribution in [0, 0.1) is 5.92 Å². The molecule has 1 aromatic rings. The van der Waals surface area contributed by atoms with E-state index in [2.05, 4.69) is 0 Å². The van der Waals surface area contributed by atoms with Gasteiger partial charge in [0.2, 0.25) is 0 Å². The topological polar surface area (TPSA) is 96.0 Å². The number of hydrogen-bond acceptors (Lipinski definition) is 5. The largest absolute Gasteiger partial charge is 0.497 e. The van der Waals surface area contributed by atoms with Crippen molar-refractivity contribution in [1.82, 2.24) is 4.90 Å². The number of carbonyl (C=O) groups is 1. The highest BCUT2D eigenvalue weighted by Gasteiger charge is 2.33. The lowest BCUT2D eigenvalue weighted by atomic mass is 9.82. The molecule has 1 aliphatic heterocycles. The van der Waals surface area contributed by atoms with Gasteiger partial charge >= 0.3 is 7.12 Å². The molecular formula is C15H23BN2O4. The van der Waals surface area contributed by atoms with Crippen molar-refractivity contribution in [2.24, 2.45) is 11.7 Å². The van der Waals surface area contributed by atoms with Gasteiger partial charge in [0.15, 0.2) is 0 Å². The van der Waals surface area contributed by atoms with E-state index in [0.717, 1.165) is 12.2 Å². The average Bonchev–Trinajstić information content (AvgIpc) is 2.87. The number of nitrogens with two attached hydrogens (primary N) is 1. The summed E-state index contributed by atoms with van der Waals surface area (Å²) in [6.45, 7) is 1.16. The zero-order chi connectivity index (χ0) is 16.1. The summed E-state index contributed by atoms with van der Waals surface area (Å²) in [6, 6.07) is 6.98. The molecule has 1 fully saturated rings. The number of nitrogens with zero attached hydrogens (tertiary/aromatic N) is 1. The molecule has 6 nitrogen and oxygen atoms in total. The van der Waals surface area contributed by atoms with Crippen molar-refractivity contribution in [3.8, 4) is 5.75 Å². The first-order chi connectivity index (χ1) is 10.5. The fraction of sp³-hybridized carbons (Fsp3) is 0.533. The van der Waals surface area contributed by atoms with Crippen molar-refractivity contribution in [3.63, 3.8) is 0 Å². The SMILES string of the molecule is COc1ccc(C(=O)N2C[C@H](CCCB(O)O)[C@@H](N)C2)cc1. The van der Waals surface area contributed by atoms with Crippen molar-refractivity contribution in [3.05, 3.63) is 29.8 Å². The molecule has 0 aliphatic carbocycles. The summed E-state index contributed by atoms with van der Waals surface area (Å²) in [4.78, 5) is 14.2. The number of carbonyl (C=O) groups excluding carboxylic acids is 1.